The Bertz CT molecular complexity index is 406. The SMILES string of the molecule is Clc1nc(Cl)nc(N2CCCC3CCCC32)n1. The van der Waals surface area contributed by atoms with Gasteiger partial charge in [-0.1, -0.05) is 6.42 Å². The van der Waals surface area contributed by atoms with Crippen LogP contribution in [0, 0.1) is 5.92 Å². The zero-order chi connectivity index (χ0) is 11.8. The Hall–Kier alpha value is -0.610. The monoisotopic (exact) mass is 272 g/mol. The minimum absolute atomic E-state index is 0.181. The van der Waals surface area contributed by atoms with E-state index in [4.69, 9.17) is 23.2 Å². The molecule has 2 atom stereocenters. The topological polar surface area (TPSA) is 41.9 Å². The third-order valence-electron chi connectivity index (χ3n) is 3.82. The average molecular weight is 273 g/mol. The van der Waals surface area contributed by atoms with Gasteiger partial charge in [-0.3, -0.25) is 0 Å². The zero-order valence-electron chi connectivity index (χ0n) is 9.44. The minimum Gasteiger partial charge on any atom is -0.337 e. The van der Waals surface area contributed by atoms with E-state index >= 15 is 0 Å². The summed E-state index contributed by atoms with van der Waals surface area (Å²) in [6, 6.07) is 0.568. The van der Waals surface area contributed by atoms with E-state index in [0.29, 0.717) is 12.0 Å². The molecule has 1 aliphatic heterocycles. The molecule has 1 saturated carbocycles. The maximum absolute atomic E-state index is 5.84. The second-order valence-electron chi connectivity index (χ2n) is 4.77. The van der Waals surface area contributed by atoms with Gasteiger partial charge in [-0.25, -0.2) is 0 Å². The number of aromatic nitrogens is 3. The van der Waals surface area contributed by atoms with Gasteiger partial charge in [0.2, 0.25) is 16.5 Å². The fourth-order valence-electron chi connectivity index (χ4n) is 3.15. The fraction of sp³-hybridized carbons (Fsp3) is 0.727. The Morgan fingerprint density at radius 1 is 0.941 bits per heavy atom. The number of hydrogen-bond acceptors (Lipinski definition) is 4. The summed E-state index contributed by atoms with van der Waals surface area (Å²) in [4.78, 5) is 14.5. The van der Waals surface area contributed by atoms with Crippen molar-refractivity contribution in [3.05, 3.63) is 10.6 Å². The lowest BCUT2D eigenvalue weighted by atomic mass is 9.92. The quantitative estimate of drug-likeness (QED) is 0.789. The summed E-state index contributed by atoms with van der Waals surface area (Å²) < 4.78 is 0. The maximum Gasteiger partial charge on any atom is 0.231 e. The second kappa shape index (κ2) is 4.58. The fourth-order valence-corrected chi connectivity index (χ4v) is 3.50. The smallest absolute Gasteiger partial charge is 0.231 e. The molecule has 1 aliphatic carbocycles. The molecule has 1 aromatic rings. The molecule has 0 aromatic carbocycles. The van der Waals surface area contributed by atoms with E-state index < -0.39 is 0 Å². The first-order valence-corrected chi connectivity index (χ1v) is 6.83. The first kappa shape index (κ1) is 11.5. The summed E-state index contributed by atoms with van der Waals surface area (Å²) in [6.45, 7) is 0.998. The van der Waals surface area contributed by atoms with Gasteiger partial charge in [0.05, 0.1) is 0 Å². The molecule has 1 aromatic heterocycles. The van der Waals surface area contributed by atoms with Crippen molar-refractivity contribution in [3.63, 3.8) is 0 Å². The van der Waals surface area contributed by atoms with E-state index in [0.717, 1.165) is 12.5 Å². The highest BCUT2D eigenvalue weighted by atomic mass is 35.5. The van der Waals surface area contributed by atoms with Crippen LogP contribution in [0.1, 0.15) is 32.1 Å². The molecule has 2 heterocycles. The molecule has 0 N–H and O–H groups in total. The molecular formula is C11H14Cl2N4. The molecule has 3 rings (SSSR count). The van der Waals surface area contributed by atoms with Crippen LogP contribution in [0.15, 0.2) is 0 Å². The Balaban J connectivity index is 1.91. The maximum atomic E-state index is 5.84. The molecular weight excluding hydrogens is 259 g/mol. The molecule has 0 radical (unpaired) electrons. The zero-order valence-corrected chi connectivity index (χ0v) is 11.0. The standard InChI is InChI=1S/C11H14Cl2N4/c12-9-14-10(13)16-11(15-9)17-6-2-4-7-3-1-5-8(7)17/h7-8H,1-6H2. The van der Waals surface area contributed by atoms with E-state index in [2.05, 4.69) is 19.9 Å². The molecule has 17 heavy (non-hydrogen) atoms. The van der Waals surface area contributed by atoms with Gasteiger partial charge in [0.15, 0.2) is 0 Å². The van der Waals surface area contributed by atoms with Gasteiger partial charge >= 0.3 is 0 Å². The molecule has 0 amide bonds. The first-order chi connectivity index (χ1) is 8.24. The van der Waals surface area contributed by atoms with Crippen molar-refractivity contribution in [2.24, 2.45) is 5.92 Å². The van der Waals surface area contributed by atoms with Gasteiger partial charge in [0.1, 0.15) is 0 Å². The van der Waals surface area contributed by atoms with Crippen LogP contribution in [0.25, 0.3) is 0 Å². The average Bonchev–Trinajstić information content (AvgIpc) is 2.75. The summed E-state index contributed by atoms with van der Waals surface area (Å²) in [6.07, 6.45) is 6.38. The molecule has 2 unspecified atom stereocenters. The van der Waals surface area contributed by atoms with E-state index in [1.54, 1.807) is 0 Å². The van der Waals surface area contributed by atoms with Gasteiger partial charge in [-0.2, -0.15) is 15.0 Å². The van der Waals surface area contributed by atoms with Crippen molar-refractivity contribution < 1.29 is 0 Å². The van der Waals surface area contributed by atoms with Crippen LogP contribution in [0.4, 0.5) is 5.95 Å². The minimum atomic E-state index is 0.181. The number of anilines is 1. The van der Waals surface area contributed by atoms with Crippen molar-refractivity contribution in [3.8, 4) is 0 Å². The molecule has 0 bridgehead atoms. The van der Waals surface area contributed by atoms with Crippen LogP contribution < -0.4 is 4.90 Å². The summed E-state index contributed by atoms with van der Waals surface area (Å²) in [7, 11) is 0. The van der Waals surface area contributed by atoms with Crippen molar-refractivity contribution in [2.75, 3.05) is 11.4 Å². The van der Waals surface area contributed by atoms with Crippen LogP contribution in [-0.4, -0.2) is 27.5 Å². The van der Waals surface area contributed by atoms with Crippen molar-refractivity contribution in [2.45, 2.75) is 38.1 Å². The third kappa shape index (κ3) is 2.20. The number of piperidine rings is 1. The van der Waals surface area contributed by atoms with E-state index in [1.807, 2.05) is 0 Å². The lowest BCUT2D eigenvalue weighted by molar-refractivity contribution is 0.358. The highest BCUT2D eigenvalue weighted by Crippen LogP contribution is 2.38. The summed E-state index contributed by atoms with van der Waals surface area (Å²) >= 11 is 11.7. The number of fused-ring (bicyclic) bond motifs is 1. The van der Waals surface area contributed by atoms with Crippen molar-refractivity contribution >= 4 is 29.2 Å². The Kier molecular flexibility index (Phi) is 3.09. The van der Waals surface area contributed by atoms with Crippen LogP contribution >= 0.6 is 23.2 Å². The molecule has 2 aliphatic rings. The Morgan fingerprint density at radius 2 is 1.65 bits per heavy atom. The van der Waals surface area contributed by atoms with Crippen LogP contribution in [0.5, 0.6) is 0 Å². The van der Waals surface area contributed by atoms with Crippen molar-refractivity contribution in [1.82, 2.24) is 15.0 Å². The number of hydrogen-bond donors (Lipinski definition) is 0. The van der Waals surface area contributed by atoms with Crippen LogP contribution in [0.2, 0.25) is 10.6 Å². The van der Waals surface area contributed by atoms with E-state index in [9.17, 15) is 0 Å². The van der Waals surface area contributed by atoms with Gasteiger partial charge < -0.3 is 4.90 Å². The largest absolute Gasteiger partial charge is 0.337 e. The normalized spacial score (nSPS) is 28.2. The van der Waals surface area contributed by atoms with Crippen LogP contribution in [-0.2, 0) is 0 Å². The van der Waals surface area contributed by atoms with Gasteiger partial charge in [-0.15, -0.1) is 0 Å². The molecule has 4 nitrogen and oxygen atoms in total. The number of halogens is 2. The van der Waals surface area contributed by atoms with Crippen LogP contribution in [0.3, 0.4) is 0 Å². The molecule has 1 saturated heterocycles. The third-order valence-corrected chi connectivity index (χ3v) is 4.16. The summed E-state index contributed by atoms with van der Waals surface area (Å²) in [5.74, 6) is 1.43. The second-order valence-corrected chi connectivity index (χ2v) is 5.44. The molecule has 2 fully saturated rings. The number of rotatable bonds is 1. The predicted molar refractivity (Wildman–Crippen MR) is 67.6 cm³/mol. The molecule has 92 valence electrons. The molecule has 6 heteroatoms. The Labute approximate surface area is 110 Å². The highest BCUT2D eigenvalue weighted by molar-refractivity contribution is 6.31. The summed E-state index contributed by atoms with van der Waals surface area (Å²) in [5, 5.41) is 0.361. The van der Waals surface area contributed by atoms with E-state index in [-0.39, 0.29) is 10.6 Å². The highest BCUT2D eigenvalue weighted by Gasteiger charge is 2.36. The van der Waals surface area contributed by atoms with Gasteiger partial charge in [0.25, 0.3) is 0 Å². The van der Waals surface area contributed by atoms with Gasteiger partial charge in [0, 0.05) is 12.6 Å². The number of nitrogens with zero attached hydrogens (tertiary/aromatic N) is 4. The summed E-state index contributed by atoms with van der Waals surface area (Å²) in [5.41, 5.74) is 0. The molecule has 0 spiro atoms. The first-order valence-electron chi connectivity index (χ1n) is 6.08. The lowest BCUT2D eigenvalue weighted by Crippen LogP contribution is -2.43. The predicted octanol–water partition coefficient (Wildman–Crippen LogP) is 2.95. The lowest BCUT2D eigenvalue weighted by Gasteiger charge is -2.37. The Morgan fingerprint density at radius 3 is 2.41 bits per heavy atom. The van der Waals surface area contributed by atoms with E-state index in [1.165, 1.54) is 32.1 Å². The van der Waals surface area contributed by atoms with Crippen molar-refractivity contribution in [1.29, 1.82) is 0 Å². The van der Waals surface area contributed by atoms with Gasteiger partial charge in [-0.05, 0) is 54.8 Å².